The quantitative estimate of drug-likeness (QED) is 0.327. The van der Waals surface area contributed by atoms with Crippen molar-refractivity contribution in [3.63, 3.8) is 0 Å². The van der Waals surface area contributed by atoms with Gasteiger partial charge in [-0.2, -0.15) is 0 Å². The van der Waals surface area contributed by atoms with Crippen molar-refractivity contribution in [2.45, 2.75) is 103 Å². The van der Waals surface area contributed by atoms with Gasteiger partial charge >= 0.3 is 0 Å². The van der Waals surface area contributed by atoms with E-state index in [0.29, 0.717) is 0 Å². The Morgan fingerprint density at radius 2 is 1.11 bits per heavy atom. The molecule has 0 amide bonds. The van der Waals surface area contributed by atoms with Crippen molar-refractivity contribution < 1.29 is 5.11 Å². The summed E-state index contributed by atoms with van der Waals surface area (Å²) in [5.74, 6) is 2.70. The summed E-state index contributed by atoms with van der Waals surface area (Å²) >= 11 is 0. The standard InChI is InChI=1S/C18H34O/c1-3-4-5-6-7-8-9-10-11-12-13-14-15-16-17-18(2)19/h1,18-19H,4-17H2,2H3. The maximum Gasteiger partial charge on any atom is 0.0512 e. The zero-order chi connectivity index (χ0) is 14.2. The maximum atomic E-state index is 9.13. The SMILES string of the molecule is C#CCCCCCCCCCCCCCCC(C)O. The highest BCUT2D eigenvalue weighted by Crippen LogP contribution is 2.13. The van der Waals surface area contributed by atoms with Gasteiger partial charge in [0, 0.05) is 6.42 Å². The first-order chi connectivity index (χ1) is 9.27. The van der Waals surface area contributed by atoms with Crippen LogP contribution in [0, 0.1) is 12.3 Å². The Hall–Kier alpha value is -0.480. The highest BCUT2D eigenvalue weighted by molar-refractivity contribution is 4.82. The fraction of sp³-hybridized carbons (Fsp3) is 0.889. The van der Waals surface area contributed by atoms with Gasteiger partial charge in [0.1, 0.15) is 0 Å². The van der Waals surface area contributed by atoms with E-state index < -0.39 is 0 Å². The Morgan fingerprint density at radius 3 is 1.47 bits per heavy atom. The average molecular weight is 266 g/mol. The molecule has 1 heteroatoms. The molecule has 0 saturated carbocycles. The second kappa shape index (κ2) is 15.6. The Bertz CT molecular complexity index is 202. The monoisotopic (exact) mass is 266 g/mol. The Labute approximate surface area is 121 Å². The zero-order valence-electron chi connectivity index (χ0n) is 13.0. The summed E-state index contributed by atoms with van der Waals surface area (Å²) in [5.41, 5.74) is 0. The molecule has 0 aliphatic rings. The smallest absolute Gasteiger partial charge is 0.0512 e. The van der Waals surface area contributed by atoms with Crippen LogP contribution in [0.1, 0.15) is 96.8 Å². The van der Waals surface area contributed by atoms with Gasteiger partial charge in [-0.05, 0) is 19.8 Å². The molecule has 112 valence electrons. The molecular formula is C18H34O. The predicted octanol–water partition coefficient (Wildman–Crippen LogP) is 5.46. The second-order valence-corrected chi connectivity index (χ2v) is 5.83. The molecule has 0 aromatic rings. The summed E-state index contributed by atoms with van der Waals surface area (Å²) in [4.78, 5) is 0. The first-order valence-electron chi connectivity index (χ1n) is 8.39. The molecule has 0 radical (unpaired) electrons. The van der Waals surface area contributed by atoms with Gasteiger partial charge < -0.3 is 5.11 Å². The number of terminal acetylenes is 1. The van der Waals surface area contributed by atoms with E-state index in [1.165, 1.54) is 77.0 Å². The van der Waals surface area contributed by atoms with Gasteiger partial charge in [0.2, 0.25) is 0 Å². The fourth-order valence-corrected chi connectivity index (χ4v) is 2.43. The van der Waals surface area contributed by atoms with E-state index in [1.807, 2.05) is 6.92 Å². The summed E-state index contributed by atoms with van der Waals surface area (Å²) in [5, 5.41) is 9.13. The molecule has 0 spiro atoms. The topological polar surface area (TPSA) is 20.2 Å². The van der Waals surface area contributed by atoms with Crippen molar-refractivity contribution >= 4 is 0 Å². The first kappa shape index (κ1) is 18.5. The van der Waals surface area contributed by atoms with Gasteiger partial charge in [0.15, 0.2) is 0 Å². The largest absolute Gasteiger partial charge is 0.393 e. The minimum Gasteiger partial charge on any atom is -0.393 e. The molecule has 1 nitrogen and oxygen atoms in total. The Balaban J connectivity index is 2.94. The zero-order valence-corrected chi connectivity index (χ0v) is 13.0. The average Bonchev–Trinajstić information content (AvgIpc) is 2.39. The molecule has 0 fully saturated rings. The minimum absolute atomic E-state index is 0.111. The van der Waals surface area contributed by atoms with E-state index in [1.54, 1.807) is 0 Å². The number of unbranched alkanes of at least 4 members (excludes halogenated alkanes) is 12. The van der Waals surface area contributed by atoms with Gasteiger partial charge in [-0.15, -0.1) is 12.3 Å². The van der Waals surface area contributed by atoms with Crippen LogP contribution in [0.5, 0.6) is 0 Å². The fourth-order valence-electron chi connectivity index (χ4n) is 2.43. The highest BCUT2D eigenvalue weighted by Gasteiger charge is 1.96. The summed E-state index contributed by atoms with van der Waals surface area (Å²) in [7, 11) is 0. The molecule has 1 N–H and O–H groups in total. The van der Waals surface area contributed by atoms with E-state index in [2.05, 4.69) is 5.92 Å². The Kier molecular flexibility index (Phi) is 15.2. The van der Waals surface area contributed by atoms with Crippen molar-refractivity contribution in [2.75, 3.05) is 0 Å². The van der Waals surface area contributed by atoms with E-state index in [-0.39, 0.29) is 6.10 Å². The maximum absolute atomic E-state index is 9.13. The molecule has 19 heavy (non-hydrogen) atoms. The second-order valence-electron chi connectivity index (χ2n) is 5.83. The van der Waals surface area contributed by atoms with Gasteiger partial charge in [-0.1, -0.05) is 70.6 Å². The van der Waals surface area contributed by atoms with Crippen LogP contribution in [0.3, 0.4) is 0 Å². The first-order valence-corrected chi connectivity index (χ1v) is 8.39. The molecular weight excluding hydrogens is 232 g/mol. The lowest BCUT2D eigenvalue weighted by Gasteiger charge is -2.04. The number of aliphatic hydroxyl groups excluding tert-OH is 1. The highest BCUT2D eigenvalue weighted by atomic mass is 16.3. The third-order valence-electron chi connectivity index (χ3n) is 3.69. The van der Waals surface area contributed by atoms with Crippen LogP contribution in [-0.4, -0.2) is 11.2 Å². The van der Waals surface area contributed by atoms with Crippen LogP contribution in [-0.2, 0) is 0 Å². The minimum atomic E-state index is -0.111. The number of hydrogen-bond acceptors (Lipinski definition) is 1. The molecule has 0 heterocycles. The molecule has 1 atom stereocenters. The molecule has 1 unspecified atom stereocenters. The third-order valence-corrected chi connectivity index (χ3v) is 3.69. The summed E-state index contributed by atoms with van der Waals surface area (Å²) in [6.45, 7) is 1.88. The molecule has 0 aromatic heterocycles. The molecule has 0 aromatic carbocycles. The lowest BCUT2D eigenvalue weighted by molar-refractivity contribution is 0.180. The van der Waals surface area contributed by atoms with Gasteiger partial charge in [0.05, 0.1) is 6.10 Å². The van der Waals surface area contributed by atoms with Crippen molar-refractivity contribution in [2.24, 2.45) is 0 Å². The molecule has 0 aliphatic carbocycles. The molecule has 0 aliphatic heterocycles. The van der Waals surface area contributed by atoms with Gasteiger partial charge in [-0.25, -0.2) is 0 Å². The number of hydrogen-bond donors (Lipinski definition) is 1. The van der Waals surface area contributed by atoms with Crippen LogP contribution < -0.4 is 0 Å². The van der Waals surface area contributed by atoms with Crippen molar-refractivity contribution in [1.29, 1.82) is 0 Å². The van der Waals surface area contributed by atoms with Gasteiger partial charge in [-0.3, -0.25) is 0 Å². The lowest BCUT2D eigenvalue weighted by atomic mass is 10.0. The summed E-state index contributed by atoms with van der Waals surface area (Å²) < 4.78 is 0. The van der Waals surface area contributed by atoms with E-state index in [4.69, 9.17) is 11.5 Å². The van der Waals surface area contributed by atoms with Crippen LogP contribution in [0.15, 0.2) is 0 Å². The summed E-state index contributed by atoms with van der Waals surface area (Å²) in [6.07, 6.45) is 23.1. The summed E-state index contributed by atoms with van der Waals surface area (Å²) in [6, 6.07) is 0. The molecule has 0 saturated heterocycles. The van der Waals surface area contributed by atoms with Crippen molar-refractivity contribution in [1.82, 2.24) is 0 Å². The van der Waals surface area contributed by atoms with E-state index in [9.17, 15) is 0 Å². The molecule has 0 bridgehead atoms. The Morgan fingerprint density at radius 1 is 0.737 bits per heavy atom. The van der Waals surface area contributed by atoms with Crippen LogP contribution in [0.4, 0.5) is 0 Å². The number of rotatable bonds is 14. The van der Waals surface area contributed by atoms with E-state index >= 15 is 0 Å². The third kappa shape index (κ3) is 17.5. The van der Waals surface area contributed by atoms with Gasteiger partial charge in [0.25, 0.3) is 0 Å². The van der Waals surface area contributed by atoms with Crippen LogP contribution >= 0.6 is 0 Å². The van der Waals surface area contributed by atoms with Crippen molar-refractivity contribution in [3.05, 3.63) is 0 Å². The number of aliphatic hydroxyl groups is 1. The lowest BCUT2D eigenvalue weighted by Crippen LogP contribution is -1.98. The van der Waals surface area contributed by atoms with Crippen LogP contribution in [0.25, 0.3) is 0 Å². The molecule has 0 rings (SSSR count). The predicted molar refractivity (Wildman–Crippen MR) is 85.2 cm³/mol. The normalized spacial score (nSPS) is 12.3. The van der Waals surface area contributed by atoms with Crippen LogP contribution in [0.2, 0.25) is 0 Å². The van der Waals surface area contributed by atoms with E-state index in [0.717, 1.165) is 12.8 Å². The van der Waals surface area contributed by atoms with Crippen molar-refractivity contribution in [3.8, 4) is 12.3 Å².